The van der Waals surface area contributed by atoms with E-state index >= 15 is 0 Å². The summed E-state index contributed by atoms with van der Waals surface area (Å²) in [5.41, 5.74) is 8.83. The maximum absolute atomic E-state index is 5.53. The lowest BCUT2D eigenvalue weighted by molar-refractivity contribution is 1.01. The molecule has 4 aromatic heterocycles. The average molecular weight is 673 g/mol. The second-order valence-electron chi connectivity index (χ2n) is 12.9. The molecule has 0 unspecified atom stereocenters. The molecular weight excluding hydrogens is 649 g/mol. The van der Waals surface area contributed by atoms with Crippen molar-refractivity contribution < 1.29 is 0 Å². The van der Waals surface area contributed by atoms with Crippen molar-refractivity contribution in [3.63, 3.8) is 0 Å². The van der Waals surface area contributed by atoms with Crippen molar-refractivity contribution in [2.45, 2.75) is 9.79 Å². The Hall–Kier alpha value is -5.95. The SMILES string of the molecule is c1ccc(-n2c3ccccc3c3c2ccc2c4c5sc6ccccc6c5ccc4n(-c4nc5c6c(cccc6n4)Sc4ccccc4-5)c23)cc1. The minimum Gasteiger partial charge on any atom is -0.309 e. The van der Waals surface area contributed by atoms with Crippen LogP contribution in [0.25, 0.3) is 97.6 Å². The second-order valence-corrected chi connectivity index (χ2v) is 15.1. The van der Waals surface area contributed by atoms with E-state index in [4.69, 9.17) is 9.97 Å². The van der Waals surface area contributed by atoms with E-state index < -0.39 is 0 Å². The van der Waals surface area contributed by atoms with Gasteiger partial charge in [-0.1, -0.05) is 103 Å². The van der Waals surface area contributed by atoms with Crippen LogP contribution in [0, 0.1) is 0 Å². The summed E-state index contributed by atoms with van der Waals surface area (Å²) in [5, 5.41) is 8.58. The van der Waals surface area contributed by atoms with Gasteiger partial charge in [-0.15, -0.1) is 11.3 Å². The third-order valence-corrected chi connectivity index (χ3v) is 12.7. The summed E-state index contributed by atoms with van der Waals surface area (Å²) in [6.07, 6.45) is 0. The zero-order chi connectivity index (χ0) is 32.5. The first-order chi connectivity index (χ1) is 24.8. The van der Waals surface area contributed by atoms with Crippen molar-refractivity contribution in [2.24, 2.45) is 0 Å². The molecule has 0 bridgehead atoms. The molecule has 6 heteroatoms. The molecule has 0 amide bonds. The predicted octanol–water partition coefficient (Wildman–Crippen LogP) is 12.3. The van der Waals surface area contributed by atoms with Gasteiger partial charge in [0.25, 0.3) is 0 Å². The van der Waals surface area contributed by atoms with Crippen LogP contribution in [0.15, 0.2) is 155 Å². The van der Waals surface area contributed by atoms with E-state index in [-0.39, 0.29) is 0 Å². The van der Waals surface area contributed by atoms with Gasteiger partial charge >= 0.3 is 0 Å². The fourth-order valence-corrected chi connectivity index (χ4v) is 10.6. The summed E-state index contributed by atoms with van der Waals surface area (Å²) < 4.78 is 7.34. The molecule has 0 N–H and O–H groups in total. The maximum atomic E-state index is 5.53. The van der Waals surface area contributed by atoms with Gasteiger partial charge in [-0.2, -0.15) is 0 Å². The van der Waals surface area contributed by atoms with Crippen LogP contribution < -0.4 is 0 Å². The molecule has 0 fully saturated rings. The predicted molar refractivity (Wildman–Crippen MR) is 211 cm³/mol. The Bertz CT molecular complexity index is 3240. The van der Waals surface area contributed by atoms with E-state index in [1.165, 1.54) is 57.0 Å². The van der Waals surface area contributed by atoms with E-state index in [9.17, 15) is 0 Å². The lowest BCUT2D eigenvalue weighted by Gasteiger charge is -2.20. The first kappa shape index (κ1) is 26.9. The van der Waals surface area contributed by atoms with Crippen molar-refractivity contribution in [2.75, 3.05) is 0 Å². The number of fused-ring (bicyclic) bond motifs is 13. The van der Waals surface area contributed by atoms with Crippen LogP contribution in [-0.4, -0.2) is 19.1 Å². The summed E-state index contributed by atoms with van der Waals surface area (Å²) in [6.45, 7) is 0. The Balaban J connectivity index is 1.32. The van der Waals surface area contributed by atoms with Gasteiger partial charge in [0.15, 0.2) is 0 Å². The fraction of sp³-hybridized carbons (Fsp3) is 0. The van der Waals surface area contributed by atoms with Crippen LogP contribution in [0.2, 0.25) is 0 Å². The summed E-state index contributed by atoms with van der Waals surface area (Å²) >= 11 is 3.68. The number of rotatable bonds is 2. The molecule has 0 aliphatic carbocycles. The van der Waals surface area contributed by atoms with Gasteiger partial charge in [-0.25, -0.2) is 9.97 Å². The molecule has 1 aliphatic rings. The summed E-state index contributed by atoms with van der Waals surface area (Å²) in [5.74, 6) is 0.691. The van der Waals surface area contributed by atoms with Gasteiger partial charge in [-0.3, -0.25) is 4.57 Å². The van der Waals surface area contributed by atoms with E-state index in [0.29, 0.717) is 5.95 Å². The van der Waals surface area contributed by atoms with Crippen LogP contribution in [0.1, 0.15) is 0 Å². The molecule has 0 radical (unpaired) electrons. The quantitative estimate of drug-likeness (QED) is 0.183. The Morgan fingerprint density at radius 1 is 0.460 bits per heavy atom. The van der Waals surface area contributed by atoms with Crippen molar-refractivity contribution in [3.8, 4) is 22.9 Å². The number of hydrogen-bond acceptors (Lipinski definition) is 4. The van der Waals surface area contributed by atoms with Gasteiger partial charge in [0.2, 0.25) is 5.95 Å². The van der Waals surface area contributed by atoms with Crippen LogP contribution in [0.3, 0.4) is 0 Å². The maximum Gasteiger partial charge on any atom is 0.235 e. The number of thiophene rings is 1. The van der Waals surface area contributed by atoms with Crippen molar-refractivity contribution in [3.05, 3.63) is 146 Å². The van der Waals surface area contributed by atoms with E-state index in [1.54, 1.807) is 11.8 Å². The monoisotopic (exact) mass is 672 g/mol. The summed E-state index contributed by atoms with van der Waals surface area (Å²) in [6, 6.07) is 52.5. The molecule has 0 saturated carbocycles. The Morgan fingerprint density at radius 2 is 1.20 bits per heavy atom. The molecular formula is C44H24N4S2. The largest absolute Gasteiger partial charge is 0.309 e. The fourth-order valence-electron chi connectivity index (χ4n) is 8.27. The lowest BCUT2D eigenvalue weighted by atomic mass is 10.1. The highest BCUT2D eigenvalue weighted by atomic mass is 32.2. The third-order valence-electron chi connectivity index (χ3n) is 10.3. The van der Waals surface area contributed by atoms with Crippen molar-refractivity contribution in [1.29, 1.82) is 0 Å². The molecule has 5 heterocycles. The smallest absolute Gasteiger partial charge is 0.235 e. The number of benzene rings is 7. The molecule has 11 aromatic rings. The Kier molecular flexibility index (Phi) is 5.29. The Labute approximate surface area is 293 Å². The topological polar surface area (TPSA) is 35.6 Å². The first-order valence-electron chi connectivity index (χ1n) is 16.8. The minimum atomic E-state index is 0.691. The standard InChI is InChI=1S/C44H24N4S2/c1-2-11-25(12-3-1)47-32-17-7-4-14-28(32)38-33(47)24-22-30-39-34(23-21-27-26-13-5-8-18-35(26)50-43(27)39)48(42(30)38)44-45-31-16-10-20-37-40(31)41(46-44)29-15-6-9-19-36(29)49-37/h1-24H. The van der Waals surface area contributed by atoms with Crippen LogP contribution in [0.4, 0.5) is 0 Å². The molecule has 1 aliphatic heterocycles. The van der Waals surface area contributed by atoms with Gasteiger partial charge in [0.05, 0.1) is 33.3 Å². The van der Waals surface area contributed by atoms with Gasteiger partial charge in [0, 0.05) is 68.1 Å². The molecule has 50 heavy (non-hydrogen) atoms. The number of nitrogens with zero attached hydrogens (tertiary/aromatic N) is 4. The average Bonchev–Trinajstić information content (AvgIpc) is 3.83. The highest BCUT2D eigenvalue weighted by molar-refractivity contribution is 7.99. The summed E-state index contributed by atoms with van der Waals surface area (Å²) in [4.78, 5) is 13.4. The minimum absolute atomic E-state index is 0.691. The highest BCUT2D eigenvalue weighted by Gasteiger charge is 2.27. The van der Waals surface area contributed by atoms with Gasteiger partial charge < -0.3 is 4.57 Å². The number of para-hydroxylation sites is 2. The Morgan fingerprint density at radius 3 is 2.12 bits per heavy atom. The van der Waals surface area contributed by atoms with E-state index in [1.807, 2.05) is 11.3 Å². The summed E-state index contributed by atoms with van der Waals surface area (Å²) in [7, 11) is 0. The van der Waals surface area contributed by atoms with Crippen LogP contribution in [-0.2, 0) is 0 Å². The van der Waals surface area contributed by atoms with E-state index in [2.05, 4.69) is 155 Å². The van der Waals surface area contributed by atoms with Crippen LogP contribution >= 0.6 is 23.1 Å². The molecule has 4 nitrogen and oxygen atoms in total. The third kappa shape index (κ3) is 3.46. The number of aromatic nitrogens is 4. The van der Waals surface area contributed by atoms with Crippen molar-refractivity contribution >= 4 is 97.8 Å². The second kappa shape index (κ2) is 9.82. The first-order valence-corrected chi connectivity index (χ1v) is 18.4. The van der Waals surface area contributed by atoms with Crippen LogP contribution in [0.5, 0.6) is 0 Å². The molecule has 7 aromatic carbocycles. The lowest BCUT2D eigenvalue weighted by Crippen LogP contribution is -2.05. The molecule has 0 atom stereocenters. The molecule has 12 rings (SSSR count). The van der Waals surface area contributed by atoms with E-state index in [0.717, 1.165) is 44.4 Å². The molecule has 0 saturated heterocycles. The zero-order valence-corrected chi connectivity index (χ0v) is 28.1. The molecule has 232 valence electrons. The van der Waals surface area contributed by atoms with Crippen molar-refractivity contribution in [1.82, 2.24) is 19.1 Å². The van der Waals surface area contributed by atoms with Gasteiger partial charge in [-0.05, 0) is 54.6 Å². The normalized spacial score (nSPS) is 12.7. The van der Waals surface area contributed by atoms with Gasteiger partial charge in [0.1, 0.15) is 0 Å². The zero-order valence-electron chi connectivity index (χ0n) is 26.5. The highest BCUT2D eigenvalue weighted by Crippen LogP contribution is 2.49. The molecule has 0 spiro atoms. The number of hydrogen-bond donors (Lipinski definition) is 0.